The smallest absolute Gasteiger partial charge is 0.229 e. The lowest BCUT2D eigenvalue weighted by molar-refractivity contribution is -0.138. The van der Waals surface area contributed by atoms with Crippen LogP contribution >= 0.6 is 11.3 Å². The predicted molar refractivity (Wildman–Crippen MR) is 91.5 cm³/mol. The summed E-state index contributed by atoms with van der Waals surface area (Å²) in [7, 11) is 0. The van der Waals surface area contributed by atoms with Crippen molar-refractivity contribution in [1.82, 2.24) is 9.88 Å². The maximum atomic E-state index is 12.0. The number of nitrogens with zero attached hydrogens (tertiary/aromatic N) is 2. The number of anilines is 1. The molecule has 1 aromatic heterocycles. The minimum absolute atomic E-state index is 0.102. The summed E-state index contributed by atoms with van der Waals surface area (Å²) in [6.07, 6.45) is 0.598. The van der Waals surface area contributed by atoms with E-state index in [0.29, 0.717) is 5.69 Å². The zero-order valence-electron chi connectivity index (χ0n) is 13.2. The number of benzene rings is 1. The van der Waals surface area contributed by atoms with Gasteiger partial charge in [0, 0.05) is 42.4 Å². The van der Waals surface area contributed by atoms with Gasteiger partial charge in [-0.1, -0.05) is 12.1 Å². The van der Waals surface area contributed by atoms with Crippen molar-refractivity contribution in [3.8, 4) is 11.3 Å². The Morgan fingerprint density at radius 1 is 1.21 bits per heavy atom. The molecule has 0 radical (unpaired) electrons. The highest BCUT2D eigenvalue weighted by molar-refractivity contribution is 7.09. The number of amides is 3. The molecule has 1 fully saturated rings. The number of aryl methyl sites for hydroxylation is 1. The third-order valence-electron chi connectivity index (χ3n) is 3.80. The van der Waals surface area contributed by atoms with Crippen LogP contribution in [-0.2, 0) is 14.4 Å². The van der Waals surface area contributed by atoms with Crippen molar-refractivity contribution in [3.63, 3.8) is 0 Å². The van der Waals surface area contributed by atoms with Crippen LogP contribution in [-0.4, -0.2) is 34.2 Å². The topological polar surface area (TPSA) is 79.4 Å². The standard InChI is InChI=1S/C17H17N3O3S/c1-11-18-14(10-24-11)12-2-4-13(5-3-12)19-15(21)8-9-20-16(22)6-7-17(20)23/h2-5,10H,6-9H2,1H3,(H,19,21). The van der Waals surface area contributed by atoms with Crippen LogP contribution in [0.3, 0.4) is 0 Å². The largest absolute Gasteiger partial charge is 0.326 e. The summed E-state index contributed by atoms with van der Waals surface area (Å²) < 4.78 is 0. The maximum Gasteiger partial charge on any atom is 0.229 e. The summed E-state index contributed by atoms with van der Waals surface area (Å²) in [5, 5.41) is 5.77. The van der Waals surface area contributed by atoms with E-state index in [-0.39, 0.29) is 43.5 Å². The zero-order valence-corrected chi connectivity index (χ0v) is 14.1. The Morgan fingerprint density at radius 3 is 2.46 bits per heavy atom. The number of rotatable bonds is 5. The van der Waals surface area contributed by atoms with Crippen LogP contribution in [0.1, 0.15) is 24.3 Å². The lowest BCUT2D eigenvalue weighted by Crippen LogP contribution is -2.32. The molecule has 2 heterocycles. The molecule has 2 aromatic rings. The van der Waals surface area contributed by atoms with Crippen LogP contribution in [0.4, 0.5) is 5.69 Å². The third-order valence-corrected chi connectivity index (χ3v) is 4.57. The van der Waals surface area contributed by atoms with Gasteiger partial charge in [-0.25, -0.2) is 4.98 Å². The number of nitrogens with one attached hydrogen (secondary N) is 1. The van der Waals surface area contributed by atoms with Crippen LogP contribution in [0.2, 0.25) is 0 Å². The predicted octanol–water partition coefficient (Wildman–Crippen LogP) is 2.60. The van der Waals surface area contributed by atoms with Gasteiger partial charge in [0.25, 0.3) is 0 Å². The number of thiazole rings is 1. The lowest BCUT2D eigenvalue weighted by atomic mass is 10.1. The molecule has 0 spiro atoms. The SMILES string of the molecule is Cc1nc(-c2ccc(NC(=O)CCN3C(=O)CCC3=O)cc2)cs1. The second-order valence-electron chi connectivity index (χ2n) is 5.57. The van der Waals surface area contributed by atoms with E-state index in [1.54, 1.807) is 11.3 Å². The van der Waals surface area contributed by atoms with Crippen molar-refractivity contribution in [2.45, 2.75) is 26.2 Å². The molecular formula is C17H17N3O3S. The number of carbonyl (C=O) groups is 3. The van der Waals surface area contributed by atoms with Gasteiger partial charge in [0.2, 0.25) is 17.7 Å². The Morgan fingerprint density at radius 2 is 1.88 bits per heavy atom. The molecule has 0 aliphatic carbocycles. The number of aromatic nitrogens is 1. The van der Waals surface area contributed by atoms with Crippen molar-refractivity contribution >= 4 is 34.7 Å². The van der Waals surface area contributed by atoms with Gasteiger partial charge in [-0.15, -0.1) is 11.3 Å². The fourth-order valence-corrected chi connectivity index (χ4v) is 3.15. The summed E-state index contributed by atoms with van der Waals surface area (Å²) in [4.78, 5) is 40.5. The Balaban J connectivity index is 1.55. The van der Waals surface area contributed by atoms with Crippen LogP contribution in [0.25, 0.3) is 11.3 Å². The Labute approximate surface area is 143 Å². The van der Waals surface area contributed by atoms with Gasteiger partial charge in [0.05, 0.1) is 10.7 Å². The molecule has 124 valence electrons. The van der Waals surface area contributed by atoms with Gasteiger partial charge in [0.15, 0.2) is 0 Å². The minimum atomic E-state index is -0.222. The highest BCUT2D eigenvalue weighted by atomic mass is 32.1. The first-order valence-electron chi connectivity index (χ1n) is 7.68. The minimum Gasteiger partial charge on any atom is -0.326 e. The molecule has 3 amide bonds. The van der Waals surface area contributed by atoms with E-state index < -0.39 is 0 Å². The quantitative estimate of drug-likeness (QED) is 0.846. The average Bonchev–Trinajstić information content (AvgIpc) is 3.13. The van der Waals surface area contributed by atoms with Crippen LogP contribution in [0, 0.1) is 6.92 Å². The summed E-state index contributed by atoms with van der Waals surface area (Å²) in [6.45, 7) is 2.10. The van der Waals surface area contributed by atoms with Crippen molar-refractivity contribution in [1.29, 1.82) is 0 Å². The van der Waals surface area contributed by atoms with Crippen molar-refractivity contribution in [2.24, 2.45) is 0 Å². The second kappa shape index (κ2) is 6.92. The Kier molecular flexibility index (Phi) is 4.71. The van der Waals surface area contributed by atoms with Gasteiger partial charge in [-0.2, -0.15) is 0 Å². The molecule has 1 aromatic carbocycles. The van der Waals surface area contributed by atoms with Crippen LogP contribution in [0.15, 0.2) is 29.6 Å². The van der Waals surface area contributed by atoms with E-state index in [0.717, 1.165) is 21.2 Å². The molecule has 7 heteroatoms. The van der Waals surface area contributed by atoms with E-state index in [1.165, 1.54) is 0 Å². The van der Waals surface area contributed by atoms with Crippen LogP contribution < -0.4 is 5.32 Å². The fraction of sp³-hybridized carbons (Fsp3) is 0.294. The summed E-state index contributed by atoms with van der Waals surface area (Å²) in [5.74, 6) is -0.619. The molecule has 1 aliphatic rings. The highest BCUT2D eigenvalue weighted by Crippen LogP contribution is 2.23. The van der Waals surface area contributed by atoms with Gasteiger partial charge in [0.1, 0.15) is 0 Å². The maximum absolute atomic E-state index is 12.0. The highest BCUT2D eigenvalue weighted by Gasteiger charge is 2.28. The average molecular weight is 343 g/mol. The monoisotopic (exact) mass is 343 g/mol. The Hall–Kier alpha value is -2.54. The van der Waals surface area contributed by atoms with E-state index in [9.17, 15) is 14.4 Å². The first-order valence-corrected chi connectivity index (χ1v) is 8.56. The number of imide groups is 1. The number of carbonyl (C=O) groups excluding carboxylic acids is 3. The van der Waals surface area contributed by atoms with Gasteiger partial charge in [-0.05, 0) is 19.1 Å². The zero-order chi connectivity index (χ0) is 17.1. The van der Waals surface area contributed by atoms with Gasteiger partial charge < -0.3 is 5.32 Å². The van der Waals surface area contributed by atoms with E-state index in [1.807, 2.05) is 36.6 Å². The van der Waals surface area contributed by atoms with E-state index in [2.05, 4.69) is 10.3 Å². The van der Waals surface area contributed by atoms with E-state index in [4.69, 9.17) is 0 Å². The van der Waals surface area contributed by atoms with Crippen molar-refractivity contribution in [3.05, 3.63) is 34.7 Å². The molecule has 6 nitrogen and oxygen atoms in total. The number of hydrogen-bond donors (Lipinski definition) is 1. The summed E-state index contributed by atoms with van der Waals surface area (Å²) >= 11 is 1.59. The summed E-state index contributed by atoms with van der Waals surface area (Å²) in [5.41, 5.74) is 2.59. The fourth-order valence-electron chi connectivity index (χ4n) is 2.53. The van der Waals surface area contributed by atoms with Crippen molar-refractivity contribution < 1.29 is 14.4 Å². The molecule has 0 bridgehead atoms. The molecule has 0 saturated carbocycles. The molecular weight excluding hydrogens is 326 g/mol. The van der Waals surface area contributed by atoms with E-state index >= 15 is 0 Å². The Bertz CT molecular complexity index is 767. The number of likely N-dealkylation sites (tertiary alicyclic amines) is 1. The first kappa shape index (κ1) is 16.3. The molecule has 1 aliphatic heterocycles. The summed E-state index contributed by atoms with van der Waals surface area (Å²) in [6, 6.07) is 7.43. The molecule has 1 saturated heterocycles. The normalized spacial score (nSPS) is 14.3. The third kappa shape index (κ3) is 3.68. The molecule has 24 heavy (non-hydrogen) atoms. The lowest BCUT2D eigenvalue weighted by Gasteiger charge is -2.13. The van der Waals surface area contributed by atoms with Gasteiger partial charge >= 0.3 is 0 Å². The van der Waals surface area contributed by atoms with Gasteiger partial charge in [-0.3, -0.25) is 19.3 Å². The second-order valence-corrected chi connectivity index (χ2v) is 6.63. The first-order chi connectivity index (χ1) is 11.5. The molecule has 0 atom stereocenters. The van der Waals surface area contributed by atoms with Crippen molar-refractivity contribution in [2.75, 3.05) is 11.9 Å². The molecule has 1 N–H and O–H groups in total. The number of hydrogen-bond acceptors (Lipinski definition) is 5. The van der Waals surface area contributed by atoms with Crippen LogP contribution in [0.5, 0.6) is 0 Å². The molecule has 3 rings (SSSR count). The molecule has 0 unspecified atom stereocenters.